The number of hydrogen-bond acceptors (Lipinski definition) is 5. The summed E-state index contributed by atoms with van der Waals surface area (Å²) in [6.07, 6.45) is 3.09. The third-order valence-corrected chi connectivity index (χ3v) is 1.37. The van der Waals surface area contributed by atoms with Crippen molar-refractivity contribution in [3.8, 4) is 0 Å². The van der Waals surface area contributed by atoms with Gasteiger partial charge < -0.3 is 13.9 Å². The van der Waals surface area contributed by atoms with E-state index in [4.69, 9.17) is 9.47 Å². The second-order valence-corrected chi connectivity index (χ2v) is 2.51. The first-order valence-corrected chi connectivity index (χ1v) is 4.81. The van der Waals surface area contributed by atoms with Gasteiger partial charge in [-0.1, -0.05) is 0 Å². The van der Waals surface area contributed by atoms with E-state index in [1.807, 2.05) is 20.8 Å². The molecule has 0 saturated carbocycles. The van der Waals surface area contributed by atoms with Gasteiger partial charge in [0.05, 0.1) is 0 Å². The number of aldehydes is 1. The van der Waals surface area contributed by atoms with Crippen LogP contribution in [0, 0.1) is 0 Å². The van der Waals surface area contributed by atoms with Crippen molar-refractivity contribution >= 4 is 6.29 Å². The van der Waals surface area contributed by atoms with Gasteiger partial charge in [-0.2, -0.15) is 0 Å². The zero-order chi connectivity index (χ0) is 11.5. The molecule has 0 amide bonds. The molecule has 1 rings (SSSR count). The standard InChI is InChI=1S/C6H14O2.C4H3NO2/c1-4-7-6(3)8-5-2;6-1-4-2-7-3-5-4/h6H,4-5H2,1-3H3;1-3H. The van der Waals surface area contributed by atoms with E-state index in [0.29, 0.717) is 12.0 Å². The van der Waals surface area contributed by atoms with E-state index in [-0.39, 0.29) is 6.29 Å². The van der Waals surface area contributed by atoms with Crippen molar-refractivity contribution in [1.82, 2.24) is 4.98 Å². The van der Waals surface area contributed by atoms with Crippen molar-refractivity contribution in [3.63, 3.8) is 0 Å². The molecule has 15 heavy (non-hydrogen) atoms. The van der Waals surface area contributed by atoms with Gasteiger partial charge in [-0.25, -0.2) is 4.98 Å². The SMILES string of the molecule is CCOC(C)OCC.O=Cc1cocn1. The monoisotopic (exact) mass is 215 g/mol. The Hall–Kier alpha value is -1.20. The Bertz CT molecular complexity index is 230. The Morgan fingerprint density at radius 3 is 2.33 bits per heavy atom. The maximum absolute atomic E-state index is 9.75. The summed E-state index contributed by atoms with van der Waals surface area (Å²) < 4.78 is 14.6. The summed E-state index contributed by atoms with van der Waals surface area (Å²) in [5.41, 5.74) is 0.333. The first-order chi connectivity index (χ1) is 7.24. The van der Waals surface area contributed by atoms with Crippen LogP contribution in [-0.2, 0) is 9.47 Å². The lowest BCUT2D eigenvalue weighted by atomic mass is 10.6. The second kappa shape index (κ2) is 9.36. The third-order valence-electron chi connectivity index (χ3n) is 1.37. The molecule has 1 aromatic rings. The molecule has 0 radical (unpaired) electrons. The number of aromatic nitrogens is 1. The van der Waals surface area contributed by atoms with Crippen LogP contribution in [0.1, 0.15) is 31.3 Å². The summed E-state index contributed by atoms with van der Waals surface area (Å²) in [6.45, 7) is 7.25. The van der Waals surface area contributed by atoms with Crippen molar-refractivity contribution in [3.05, 3.63) is 18.4 Å². The summed E-state index contributed by atoms with van der Waals surface area (Å²) in [5, 5.41) is 0. The lowest BCUT2D eigenvalue weighted by Crippen LogP contribution is -2.11. The highest BCUT2D eigenvalue weighted by atomic mass is 16.7. The van der Waals surface area contributed by atoms with Gasteiger partial charge in [0, 0.05) is 13.2 Å². The van der Waals surface area contributed by atoms with Crippen molar-refractivity contribution in [2.75, 3.05) is 13.2 Å². The Balaban J connectivity index is 0.000000262. The van der Waals surface area contributed by atoms with Crippen LogP contribution in [0.5, 0.6) is 0 Å². The second-order valence-electron chi connectivity index (χ2n) is 2.51. The van der Waals surface area contributed by atoms with Gasteiger partial charge in [0.2, 0.25) is 0 Å². The molecule has 0 atom stereocenters. The molecule has 0 saturated heterocycles. The fourth-order valence-corrected chi connectivity index (χ4v) is 0.798. The topological polar surface area (TPSA) is 61.6 Å². The average molecular weight is 215 g/mol. The van der Waals surface area contributed by atoms with Crippen LogP contribution in [0.3, 0.4) is 0 Å². The van der Waals surface area contributed by atoms with Crippen LogP contribution in [0.15, 0.2) is 17.1 Å². The summed E-state index contributed by atoms with van der Waals surface area (Å²) in [5.74, 6) is 0. The van der Waals surface area contributed by atoms with Crippen LogP contribution in [0.4, 0.5) is 0 Å². The van der Waals surface area contributed by atoms with E-state index in [2.05, 4.69) is 9.40 Å². The summed E-state index contributed by atoms with van der Waals surface area (Å²) >= 11 is 0. The maximum Gasteiger partial charge on any atom is 0.181 e. The minimum absolute atomic E-state index is 0.0370. The van der Waals surface area contributed by atoms with Gasteiger partial charge >= 0.3 is 0 Å². The van der Waals surface area contributed by atoms with Crippen molar-refractivity contribution in [1.29, 1.82) is 0 Å². The van der Waals surface area contributed by atoms with Gasteiger partial charge in [0.25, 0.3) is 0 Å². The van der Waals surface area contributed by atoms with Gasteiger partial charge in [-0.05, 0) is 20.8 Å². The molecule has 0 aromatic carbocycles. The smallest absolute Gasteiger partial charge is 0.181 e. The number of nitrogens with zero attached hydrogens (tertiary/aromatic N) is 1. The predicted molar refractivity (Wildman–Crippen MR) is 54.6 cm³/mol. The van der Waals surface area contributed by atoms with Crippen molar-refractivity contribution in [2.24, 2.45) is 0 Å². The van der Waals surface area contributed by atoms with E-state index in [1.165, 1.54) is 12.7 Å². The molecule has 0 aliphatic rings. The normalized spacial score (nSPS) is 9.60. The van der Waals surface area contributed by atoms with Crippen molar-refractivity contribution in [2.45, 2.75) is 27.1 Å². The third kappa shape index (κ3) is 7.84. The van der Waals surface area contributed by atoms with E-state index in [9.17, 15) is 4.79 Å². The average Bonchev–Trinajstić information content (AvgIpc) is 2.72. The van der Waals surface area contributed by atoms with Crippen LogP contribution in [-0.4, -0.2) is 30.8 Å². The minimum atomic E-state index is -0.0370. The zero-order valence-electron chi connectivity index (χ0n) is 9.30. The van der Waals surface area contributed by atoms with E-state index >= 15 is 0 Å². The summed E-state index contributed by atoms with van der Waals surface area (Å²) in [7, 11) is 0. The molecule has 5 heteroatoms. The molecule has 0 N–H and O–H groups in total. The largest absolute Gasteiger partial charge is 0.451 e. The number of oxazole rings is 1. The number of hydrogen-bond donors (Lipinski definition) is 0. The quantitative estimate of drug-likeness (QED) is 0.554. The first-order valence-electron chi connectivity index (χ1n) is 4.81. The Morgan fingerprint density at radius 1 is 1.47 bits per heavy atom. The van der Waals surface area contributed by atoms with Gasteiger partial charge in [-0.3, -0.25) is 4.79 Å². The fraction of sp³-hybridized carbons (Fsp3) is 0.600. The van der Waals surface area contributed by atoms with Crippen LogP contribution < -0.4 is 0 Å². The van der Waals surface area contributed by atoms with Gasteiger partial charge in [0.1, 0.15) is 12.0 Å². The number of ether oxygens (including phenoxy) is 2. The minimum Gasteiger partial charge on any atom is -0.451 e. The van der Waals surface area contributed by atoms with E-state index < -0.39 is 0 Å². The Morgan fingerprint density at radius 2 is 2.07 bits per heavy atom. The highest BCUT2D eigenvalue weighted by Gasteiger charge is 1.94. The van der Waals surface area contributed by atoms with Gasteiger partial charge in [-0.15, -0.1) is 0 Å². The Labute approximate surface area is 89.4 Å². The summed E-state index contributed by atoms with van der Waals surface area (Å²) in [6, 6.07) is 0. The lowest BCUT2D eigenvalue weighted by molar-refractivity contribution is -0.123. The molecular weight excluding hydrogens is 198 g/mol. The van der Waals surface area contributed by atoms with Crippen LogP contribution in [0.2, 0.25) is 0 Å². The molecular formula is C10H17NO4. The molecule has 0 bridgehead atoms. The molecule has 0 fully saturated rings. The van der Waals surface area contributed by atoms with Crippen LogP contribution >= 0.6 is 0 Å². The van der Waals surface area contributed by atoms with E-state index in [0.717, 1.165) is 13.2 Å². The predicted octanol–water partition coefficient (Wildman–Crippen LogP) is 1.89. The molecule has 0 aliphatic heterocycles. The molecule has 0 aliphatic carbocycles. The first kappa shape index (κ1) is 13.8. The molecule has 1 heterocycles. The molecule has 0 unspecified atom stereocenters. The lowest BCUT2D eigenvalue weighted by Gasteiger charge is -2.09. The summed E-state index contributed by atoms with van der Waals surface area (Å²) in [4.78, 5) is 13.2. The molecule has 1 aromatic heterocycles. The fourth-order valence-electron chi connectivity index (χ4n) is 0.798. The molecule has 5 nitrogen and oxygen atoms in total. The van der Waals surface area contributed by atoms with Crippen molar-refractivity contribution < 1.29 is 18.7 Å². The maximum atomic E-state index is 9.75. The molecule has 86 valence electrons. The highest BCUT2D eigenvalue weighted by molar-refractivity contribution is 5.70. The van der Waals surface area contributed by atoms with Crippen LogP contribution in [0.25, 0.3) is 0 Å². The number of carbonyl (C=O) groups excluding carboxylic acids is 1. The zero-order valence-corrected chi connectivity index (χ0v) is 9.30. The van der Waals surface area contributed by atoms with Gasteiger partial charge in [0.15, 0.2) is 19.0 Å². The number of rotatable bonds is 5. The number of carbonyl (C=O) groups is 1. The van der Waals surface area contributed by atoms with E-state index in [1.54, 1.807) is 0 Å². The Kier molecular flexibility index (Phi) is 8.61. The molecule has 0 spiro atoms. The highest BCUT2D eigenvalue weighted by Crippen LogP contribution is 1.90.